The lowest BCUT2D eigenvalue weighted by atomic mass is 9.97. The molecule has 3 N–H and O–H groups in total. The normalized spacial score (nSPS) is 16.4. The smallest absolute Gasteiger partial charge is 0.323 e. The fraction of sp³-hybridized carbons (Fsp3) is 0.250. The number of nitrogens with one attached hydrogen (secondary N) is 2. The van der Waals surface area contributed by atoms with Crippen molar-refractivity contribution in [2.75, 3.05) is 23.7 Å². The highest BCUT2D eigenvalue weighted by Crippen LogP contribution is 2.20. The minimum Gasteiger partial charge on any atom is -0.481 e. The number of piperidine rings is 1. The first kappa shape index (κ1) is 18.4. The maximum atomic E-state index is 12.6. The molecule has 1 unspecified atom stereocenters. The quantitative estimate of drug-likeness (QED) is 0.772. The van der Waals surface area contributed by atoms with E-state index >= 15 is 0 Å². The first-order valence-electron chi connectivity index (χ1n) is 8.78. The lowest BCUT2D eigenvalue weighted by Gasteiger charge is -2.30. The molecule has 2 aromatic carbocycles. The van der Waals surface area contributed by atoms with Gasteiger partial charge in [-0.1, -0.05) is 18.2 Å². The standard InChI is InChI=1S/C20H21N3O4/c24-18(23-12-4-5-15(13-23)19(25)26)14-8-10-17(11-9-14)22-20(27)21-16-6-2-1-3-7-16/h1-3,6-11,15H,4-5,12-13H2,(H,25,26)(H2,21,22,27). The number of benzene rings is 2. The molecule has 0 bridgehead atoms. The van der Waals surface area contributed by atoms with E-state index in [1.165, 1.54) is 0 Å². The van der Waals surface area contributed by atoms with Gasteiger partial charge in [-0.3, -0.25) is 9.59 Å². The summed E-state index contributed by atoms with van der Waals surface area (Å²) in [7, 11) is 0. The number of para-hydroxylation sites is 1. The van der Waals surface area contributed by atoms with Crippen molar-refractivity contribution in [1.29, 1.82) is 0 Å². The minimum atomic E-state index is -0.864. The van der Waals surface area contributed by atoms with Crippen LogP contribution in [-0.2, 0) is 4.79 Å². The van der Waals surface area contributed by atoms with Crippen LogP contribution < -0.4 is 10.6 Å². The van der Waals surface area contributed by atoms with Gasteiger partial charge in [0.15, 0.2) is 0 Å². The van der Waals surface area contributed by atoms with E-state index in [1.54, 1.807) is 41.3 Å². The molecule has 0 saturated carbocycles. The molecule has 1 saturated heterocycles. The van der Waals surface area contributed by atoms with Crippen LogP contribution in [0, 0.1) is 5.92 Å². The van der Waals surface area contributed by atoms with Crippen LogP contribution in [0.4, 0.5) is 16.2 Å². The Bertz CT molecular complexity index is 821. The second-order valence-electron chi connectivity index (χ2n) is 6.45. The number of rotatable bonds is 4. The van der Waals surface area contributed by atoms with Gasteiger partial charge in [-0.25, -0.2) is 4.79 Å². The zero-order chi connectivity index (χ0) is 19.2. The van der Waals surface area contributed by atoms with Gasteiger partial charge in [-0.15, -0.1) is 0 Å². The Balaban J connectivity index is 1.58. The summed E-state index contributed by atoms with van der Waals surface area (Å²) in [6.45, 7) is 0.787. The number of likely N-dealkylation sites (tertiary alicyclic amines) is 1. The fourth-order valence-electron chi connectivity index (χ4n) is 3.06. The Morgan fingerprint density at radius 2 is 1.56 bits per heavy atom. The van der Waals surface area contributed by atoms with E-state index in [1.807, 2.05) is 18.2 Å². The van der Waals surface area contributed by atoms with Crippen molar-refractivity contribution >= 4 is 29.3 Å². The van der Waals surface area contributed by atoms with Gasteiger partial charge in [0.25, 0.3) is 5.91 Å². The number of hydrogen-bond donors (Lipinski definition) is 3. The van der Waals surface area contributed by atoms with Crippen molar-refractivity contribution in [2.24, 2.45) is 5.92 Å². The molecule has 0 aromatic heterocycles. The molecule has 3 amide bonds. The Kier molecular flexibility index (Phi) is 5.71. The molecule has 140 valence electrons. The largest absolute Gasteiger partial charge is 0.481 e. The van der Waals surface area contributed by atoms with Crippen LogP contribution in [0.3, 0.4) is 0 Å². The molecule has 1 fully saturated rings. The number of anilines is 2. The van der Waals surface area contributed by atoms with Crippen LogP contribution in [0.25, 0.3) is 0 Å². The maximum Gasteiger partial charge on any atom is 0.323 e. The molecule has 2 aromatic rings. The molecule has 7 nitrogen and oxygen atoms in total. The molecular formula is C20H21N3O4. The number of nitrogens with zero attached hydrogens (tertiary/aromatic N) is 1. The fourth-order valence-corrected chi connectivity index (χ4v) is 3.06. The maximum absolute atomic E-state index is 12.6. The molecular weight excluding hydrogens is 346 g/mol. The third-order valence-electron chi connectivity index (χ3n) is 4.48. The highest BCUT2D eigenvalue weighted by atomic mass is 16.4. The summed E-state index contributed by atoms with van der Waals surface area (Å²) < 4.78 is 0. The van der Waals surface area contributed by atoms with E-state index < -0.39 is 11.9 Å². The van der Waals surface area contributed by atoms with Crippen molar-refractivity contribution in [1.82, 2.24) is 4.90 Å². The Morgan fingerprint density at radius 1 is 0.926 bits per heavy atom. The molecule has 1 atom stereocenters. The number of carbonyl (C=O) groups excluding carboxylic acids is 2. The van der Waals surface area contributed by atoms with Crippen molar-refractivity contribution in [3.8, 4) is 0 Å². The van der Waals surface area contributed by atoms with Crippen LogP contribution in [0.15, 0.2) is 54.6 Å². The van der Waals surface area contributed by atoms with Crippen LogP contribution in [0.5, 0.6) is 0 Å². The second kappa shape index (κ2) is 8.35. The summed E-state index contributed by atoms with van der Waals surface area (Å²) in [6, 6.07) is 15.3. The summed E-state index contributed by atoms with van der Waals surface area (Å²) in [5.74, 6) is -1.57. The summed E-state index contributed by atoms with van der Waals surface area (Å²) >= 11 is 0. The van der Waals surface area contributed by atoms with E-state index in [4.69, 9.17) is 5.11 Å². The summed E-state index contributed by atoms with van der Waals surface area (Å²) in [5, 5.41) is 14.6. The van der Waals surface area contributed by atoms with E-state index in [9.17, 15) is 14.4 Å². The van der Waals surface area contributed by atoms with Gasteiger partial charge in [-0.2, -0.15) is 0 Å². The van der Waals surface area contributed by atoms with Gasteiger partial charge in [0.2, 0.25) is 0 Å². The highest BCUT2D eigenvalue weighted by molar-refractivity contribution is 6.00. The zero-order valence-electron chi connectivity index (χ0n) is 14.7. The molecule has 0 aliphatic carbocycles. The third-order valence-corrected chi connectivity index (χ3v) is 4.48. The Morgan fingerprint density at radius 3 is 2.19 bits per heavy atom. The molecule has 1 heterocycles. The van der Waals surface area contributed by atoms with Crippen molar-refractivity contribution in [3.63, 3.8) is 0 Å². The second-order valence-corrected chi connectivity index (χ2v) is 6.45. The molecule has 7 heteroatoms. The summed E-state index contributed by atoms with van der Waals surface area (Å²) in [4.78, 5) is 37.3. The van der Waals surface area contributed by atoms with Crippen LogP contribution in [0.1, 0.15) is 23.2 Å². The number of hydrogen-bond acceptors (Lipinski definition) is 3. The first-order chi connectivity index (χ1) is 13.0. The van der Waals surface area contributed by atoms with Gasteiger partial charge in [0, 0.05) is 30.0 Å². The number of carbonyl (C=O) groups is 3. The van der Waals surface area contributed by atoms with Crippen LogP contribution >= 0.6 is 0 Å². The van der Waals surface area contributed by atoms with Crippen LogP contribution in [-0.4, -0.2) is 41.0 Å². The molecule has 1 aliphatic rings. The number of carboxylic acids is 1. The average Bonchev–Trinajstić information content (AvgIpc) is 2.69. The number of aliphatic carboxylic acids is 1. The molecule has 0 radical (unpaired) electrons. The minimum absolute atomic E-state index is 0.193. The van der Waals surface area contributed by atoms with Crippen molar-refractivity contribution in [3.05, 3.63) is 60.2 Å². The lowest BCUT2D eigenvalue weighted by molar-refractivity contribution is -0.143. The van der Waals surface area contributed by atoms with E-state index in [2.05, 4.69) is 10.6 Å². The molecule has 1 aliphatic heterocycles. The summed E-state index contributed by atoms with van der Waals surface area (Å²) in [5.41, 5.74) is 1.71. The van der Waals surface area contributed by atoms with Gasteiger partial charge in [-0.05, 0) is 49.2 Å². The predicted molar refractivity (Wildman–Crippen MR) is 102 cm³/mol. The van der Waals surface area contributed by atoms with E-state index in [-0.39, 0.29) is 18.5 Å². The number of amides is 3. The molecule has 27 heavy (non-hydrogen) atoms. The van der Waals surface area contributed by atoms with Gasteiger partial charge in [0.05, 0.1) is 5.92 Å². The SMILES string of the molecule is O=C(Nc1ccccc1)Nc1ccc(C(=O)N2CCCC(C(=O)O)C2)cc1. The Hall–Kier alpha value is -3.35. The third kappa shape index (κ3) is 4.84. The Labute approximate surface area is 157 Å². The topological polar surface area (TPSA) is 98.7 Å². The molecule has 3 rings (SSSR count). The zero-order valence-corrected chi connectivity index (χ0v) is 14.7. The monoisotopic (exact) mass is 367 g/mol. The van der Waals surface area contributed by atoms with Gasteiger partial charge in [0.1, 0.15) is 0 Å². The average molecular weight is 367 g/mol. The first-order valence-corrected chi connectivity index (χ1v) is 8.78. The number of carboxylic acid groups (broad SMARTS) is 1. The van der Waals surface area contributed by atoms with Crippen molar-refractivity contribution in [2.45, 2.75) is 12.8 Å². The van der Waals surface area contributed by atoms with Gasteiger partial charge < -0.3 is 20.6 Å². The summed E-state index contributed by atoms with van der Waals surface area (Å²) in [6.07, 6.45) is 1.28. The van der Waals surface area contributed by atoms with Crippen LogP contribution in [0.2, 0.25) is 0 Å². The van der Waals surface area contributed by atoms with Crippen molar-refractivity contribution < 1.29 is 19.5 Å². The highest BCUT2D eigenvalue weighted by Gasteiger charge is 2.28. The van der Waals surface area contributed by atoms with E-state index in [0.29, 0.717) is 36.3 Å². The predicted octanol–water partition coefficient (Wildman–Crippen LogP) is 3.27. The van der Waals surface area contributed by atoms with Gasteiger partial charge >= 0.3 is 12.0 Å². The number of urea groups is 1. The molecule has 0 spiro atoms. The van der Waals surface area contributed by atoms with E-state index in [0.717, 1.165) is 0 Å². The lowest BCUT2D eigenvalue weighted by Crippen LogP contribution is -2.42.